The van der Waals surface area contributed by atoms with Crippen LogP contribution < -0.4 is 9.80 Å². The lowest BCUT2D eigenvalue weighted by molar-refractivity contribution is 0.633. The van der Waals surface area contributed by atoms with Crippen molar-refractivity contribution < 1.29 is 8.83 Å². The Hall–Kier alpha value is -7.30. The molecule has 0 fully saturated rings. The van der Waals surface area contributed by atoms with Crippen molar-refractivity contribution in [3.8, 4) is 0 Å². The number of benzene rings is 9. The molecule has 0 aliphatic rings. The molecule has 278 valence electrons. The lowest BCUT2D eigenvalue weighted by atomic mass is 9.96. The molecular weight excluding hydrogens is 709 g/mol. The van der Waals surface area contributed by atoms with E-state index in [2.05, 4.69) is 207 Å². The van der Waals surface area contributed by atoms with Crippen LogP contribution in [0.4, 0.5) is 34.1 Å². The van der Waals surface area contributed by atoms with Gasteiger partial charge in [-0.05, 0) is 156 Å². The van der Waals surface area contributed by atoms with Gasteiger partial charge < -0.3 is 18.6 Å². The second kappa shape index (κ2) is 13.1. The van der Waals surface area contributed by atoms with Crippen molar-refractivity contribution in [1.82, 2.24) is 0 Å². The first-order chi connectivity index (χ1) is 28.4. The summed E-state index contributed by atoms with van der Waals surface area (Å²) in [7, 11) is 0. The van der Waals surface area contributed by atoms with Gasteiger partial charge in [-0.15, -0.1) is 0 Å². The molecule has 0 atom stereocenters. The highest BCUT2D eigenvalue weighted by Crippen LogP contribution is 2.46. The first kappa shape index (κ1) is 34.0. The van der Waals surface area contributed by atoms with Gasteiger partial charge in [0.2, 0.25) is 0 Å². The molecule has 0 N–H and O–H groups in total. The van der Waals surface area contributed by atoms with E-state index in [4.69, 9.17) is 8.83 Å². The Labute approximate surface area is 336 Å². The van der Waals surface area contributed by atoms with Crippen LogP contribution in [-0.2, 0) is 0 Å². The SMILES string of the molecule is Cc1ccccc1N(c1ccccc1)c1ccc2cc3c(cc2c1)oc1c2oc4cc5cc(N(c6ccccc6)c6ccccc6C)ccc5cc4c2c(C)c(C)c31. The fourth-order valence-electron chi connectivity index (χ4n) is 9.01. The van der Waals surface area contributed by atoms with Crippen LogP contribution in [0.1, 0.15) is 22.3 Å². The number of rotatable bonds is 6. The zero-order valence-corrected chi connectivity index (χ0v) is 32.9. The Bertz CT molecular complexity index is 3170. The second-order valence-corrected chi connectivity index (χ2v) is 15.5. The summed E-state index contributed by atoms with van der Waals surface area (Å²) in [6.07, 6.45) is 0. The molecule has 0 unspecified atom stereocenters. The third kappa shape index (κ3) is 5.29. The maximum absolute atomic E-state index is 6.87. The van der Waals surface area contributed by atoms with E-state index in [1.807, 2.05) is 0 Å². The monoisotopic (exact) mass is 748 g/mol. The molecule has 11 aromatic rings. The average molecular weight is 749 g/mol. The van der Waals surface area contributed by atoms with E-state index in [1.165, 1.54) is 22.3 Å². The Kier molecular flexibility index (Phi) is 7.70. The molecule has 0 bridgehead atoms. The summed E-state index contributed by atoms with van der Waals surface area (Å²) in [4.78, 5) is 4.66. The molecule has 4 heteroatoms. The Morgan fingerprint density at radius 1 is 0.345 bits per heavy atom. The molecule has 9 aromatic carbocycles. The Morgan fingerprint density at radius 3 is 1.16 bits per heavy atom. The predicted molar refractivity (Wildman–Crippen MR) is 244 cm³/mol. The van der Waals surface area contributed by atoms with Gasteiger partial charge in [0.1, 0.15) is 11.2 Å². The number of hydrogen-bond donors (Lipinski definition) is 0. The van der Waals surface area contributed by atoms with Crippen LogP contribution >= 0.6 is 0 Å². The summed E-state index contributed by atoms with van der Waals surface area (Å²) in [5.74, 6) is 0. The van der Waals surface area contributed by atoms with Crippen molar-refractivity contribution in [2.45, 2.75) is 27.7 Å². The Morgan fingerprint density at radius 2 is 0.741 bits per heavy atom. The number of para-hydroxylation sites is 4. The van der Waals surface area contributed by atoms with Gasteiger partial charge in [-0.1, -0.05) is 84.9 Å². The number of hydrogen-bond acceptors (Lipinski definition) is 4. The lowest BCUT2D eigenvalue weighted by Crippen LogP contribution is -2.11. The van der Waals surface area contributed by atoms with Crippen LogP contribution in [0.2, 0.25) is 0 Å². The number of nitrogens with zero attached hydrogens (tertiary/aromatic N) is 2. The van der Waals surface area contributed by atoms with E-state index in [0.29, 0.717) is 0 Å². The van der Waals surface area contributed by atoms with Crippen LogP contribution in [-0.4, -0.2) is 0 Å². The van der Waals surface area contributed by atoms with Crippen LogP contribution in [0, 0.1) is 27.7 Å². The highest BCUT2D eigenvalue weighted by Gasteiger charge is 2.23. The van der Waals surface area contributed by atoms with Crippen molar-refractivity contribution in [2.24, 2.45) is 0 Å². The van der Waals surface area contributed by atoms with Gasteiger partial charge in [-0.25, -0.2) is 0 Å². The summed E-state index contributed by atoms with van der Waals surface area (Å²) in [5.41, 5.74) is 14.9. The number of fused-ring (bicyclic) bond motifs is 9. The van der Waals surface area contributed by atoms with E-state index in [1.54, 1.807) is 0 Å². The van der Waals surface area contributed by atoms with Gasteiger partial charge in [-0.3, -0.25) is 0 Å². The molecule has 0 saturated carbocycles. The maximum atomic E-state index is 6.87. The fourth-order valence-corrected chi connectivity index (χ4v) is 9.01. The summed E-state index contributed by atoms with van der Waals surface area (Å²) < 4.78 is 13.7. The van der Waals surface area contributed by atoms with Crippen LogP contribution in [0.5, 0.6) is 0 Å². The molecule has 58 heavy (non-hydrogen) atoms. The van der Waals surface area contributed by atoms with E-state index in [0.717, 1.165) is 99.5 Å². The molecule has 2 aromatic heterocycles. The lowest BCUT2D eigenvalue weighted by Gasteiger charge is -2.27. The molecule has 0 spiro atoms. The first-order valence-corrected chi connectivity index (χ1v) is 19.9. The van der Waals surface area contributed by atoms with Gasteiger partial charge in [0.25, 0.3) is 0 Å². The van der Waals surface area contributed by atoms with Crippen molar-refractivity contribution in [3.63, 3.8) is 0 Å². The largest absolute Gasteiger partial charge is 0.452 e. The summed E-state index contributed by atoms with van der Waals surface area (Å²) >= 11 is 0. The van der Waals surface area contributed by atoms with Gasteiger partial charge >= 0.3 is 0 Å². The number of aryl methyl sites for hydroxylation is 4. The van der Waals surface area contributed by atoms with Crippen molar-refractivity contribution >= 4 is 99.5 Å². The quantitative estimate of drug-likeness (QED) is 0.170. The minimum Gasteiger partial charge on any atom is -0.452 e. The minimum absolute atomic E-state index is 0.796. The molecular formula is C54H40N2O2. The summed E-state index contributed by atoms with van der Waals surface area (Å²) in [5, 5.41) is 8.98. The highest BCUT2D eigenvalue weighted by atomic mass is 16.4. The third-order valence-corrected chi connectivity index (χ3v) is 12.0. The molecule has 0 aliphatic carbocycles. The molecule has 2 heterocycles. The van der Waals surface area contributed by atoms with E-state index in [9.17, 15) is 0 Å². The Balaban J connectivity index is 1.07. The van der Waals surface area contributed by atoms with Crippen LogP contribution in [0.25, 0.3) is 65.4 Å². The summed E-state index contributed by atoms with van der Waals surface area (Å²) in [6.45, 7) is 8.77. The van der Waals surface area contributed by atoms with E-state index >= 15 is 0 Å². The van der Waals surface area contributed by atoms with E-state index in [-0.39, 0.29) is 0 Å². The second-order valence-electron chi connectivity index (χ2n) is 15.5. The van der Waals surface area contributed by atoms with Crippen LogP contribution in [0.3, 0.4) is 0 Å². The zero-order chi connectivity index (χ0) is 39.1. The smallest absolute Gasteiger partial charge is 0.178 e. The van der Waals surface area contributed by atoms with Gasteiger partial charge in [0.15, 0.2) is 11.2 Å². The molecule has 4 nitrogen and oxygen atoms in total. The van der Waals surface area contributed by atoms with E-state index < -0.39 is 0 Å². The van der Waals surface area contributed by atoms with Crippen molar-refractivity contribution in [1.29, 1.82) is 0 Å². The topological polar surface area (TPSA) is 32.8 Å². The number of anilines is 6. The van der Waals surface area contributed by atoms with Crippen molar-refractivity contribution in [2.75, 3.05) is 9.80 Å². The van der Waals surface area contributed by atoms with Gasteiger partial charge in [0, 0.05) is 55.7 Å². The minimum atomic E-state index is 0.796. The van der Waals surface area contributed by atoms with Gasteiger partial charge in [0.05, 0.1) is 0 Å². The molecule has 0 aliphatic heterocycles. The first-order valence-electron chi connectivity index (χ1n) is 19.9. The molecule has 0 radical (unpaired) electrons. The zero-order valence-electron chi connectivity index (χ0n) is 32.9. The third-order valence-electron chi connectivity index (χ3n) is 12.0. The van der Waals surface area contributed by atoms with Crippen LogP contribution in [0.15, 0.2) is 179 Å². The standard InChI is InChI=1S/C54H40N2O2/c1-33-15-11-13-21-47(33)55(41-17-7-5-8-18-41)43-25-23-37-29-45-49(31-39(37)27-43)57-53-51(45)35(3)36(4)52-46-30-38-24-26-44(28-40(38)32-50(46)58-54(52)53)56(42-19-9-6-10-20-42)48-22-14-12-16-34(48)2/h5-32H,1-4H3. The normalized spacial score (nSPS) is 11.8. The highest BCUT2D eigenvalue weighted by molar-refractivity contribution is 6.23. The van der Waals surface area contributed by atoms with Crippen molar-refractivity contribution in [3.05, 3.63) is 192 Å². The van der Waals surface area contributed by atoms with Gasteiger partial charge in [-0.2, -0.15) is 0 Å². The fraction of sp³-hybridized carbons (Fsp3) is 0.0741. The maximum Gasteiger partial charge on any atom is 0.178 e. The average Bonchev–Trinajstić information content (AvgIpc) is 3.81. The molecule has 0 amide bonds. The number of furan rings is 2. The molecule has 11 rings (SSSR count). The predicted octanol–water partition coefficient (Wildman–Crippen LogP) is 16.0. The summed E-state index contributed by atoms with van der Waals surface area (Å²) in [6, 6.07) is 60.7. The molecule has 0 saturated heterocycles.